The number of carbonyl (C=O) groups is 1. The highest BCUT2D eigenvalue weighted by Crippen LogP contribution is 2.44. The third kappa shape index (κ3) is 4.35. The fraction of sp³-hybridized carbons (Fsp3) is 0.458. The van der Waals surface area contributed by atoms with Crippen molar-refractivity contribution in [3.63, 3.8) is 0 Å². The zero-order chi connectivity index (χ0) is 19.7. The van der Waals surface area contributed by atoms with Gasteiger partial charge in [0.25, 0.3) is 0 Å². The Labute approximate surface area is 163 Å². The summed E-state index contributed by atoms with van der Waals surface area (Å²) in [6.07, 6.45) is 1.39. The third-order valence-corrected chi connectivity index (χ3v) is 5.42. The summed E-state index contributed by atoms with van der Waals surface area (Å²) in [4.78, 5) is 14.9. The molecule has 0 unspecified atom stereocenters. The van der Waals surface area contributed by atoms with Crippen molar-refractivity contribution in [2.45, 2.75) is 59.1 Å². The zero-order valence-corrected chi connectivity index (χ0v) is 17.2. The number of amides is 1. The molecule has 3 nitrogen and oxygen atoms in total. The van der Waals surface area contributed by atoms with Crippen molar-refractivity contribution >= 4 is 6.09 Å². The monoisotopic (exact) mass is 365 g/mol. The first-order valence-corrected chi connectivity index (χ1v) is 9.82. The highest BCUT2D eigenvalue weighted by Gasteiger charge is 2.45. The number of ether oxygens (including phenoxy) is 1. The maximum absolute atomic E-state index is 13.1. The zero-order valence-electron chi connectivity index (χ0n) is 17.2. The molecule has 27 heavy (non-hydrogen) atoms. The summed E-state index contributed by atoms with van der Waals surface area (Å²) >= 11 is 0. The van der Waals surface area contributed by atoms with E-state index in [1.165, 1.54) is 5.56 Å². The van der Waals surface area contributed by atoms with Crippen LogP contribution in [0.4, 0.5) is 4.79 Å². The predicted octanol–water partition coefficient (Wildman–Crippen LogP) is 6.23. The maximum Gasteiger partial charge on any atom is 0.411 e. The van der Waals surface area contributed by atoms with Gasteiger partial charge in [-0.05, 0) is 36.8 Å². The lowest BCUT2D eigenvalue weighted by molar-refractivity contribution is -0.0805. The Morgan fingerprint density at radius 3 is 2.26 bits per heavy atom. The second-order valence-electron chi connectivity index (χ2n) is 9.00. The van der Waals surface area contributed by atoms with Crippen molar-refractivity contribution in [3.05, 3.63) is 71.3 Å². The molecule has 1 aliphatic rings. The van der Waals surface area contributed by atoms with Crippen LogP contribution in [0.25, 0.3) is 0 Å². The van der Waals surface area contributed by atoms with E-state index < -0.39 is 5.60 Å². The molecule has 3 rings (SSSR count). The van der Waals surface area contributed by atoms with Gasteiger partial charge in [0.15, 0.2) is 0 Å². The SMILES string of the molecule is Cc1ccc([C@H](C)N2CC[C@](CC(C)(C)C)(c3ccccc3)OC2=O)cc1. The van der Waals surface area contributed by atoms with Gasteiger partial charge >= 0.3 is 6.09 Å². The molecule has 0 saturated carbocycles. The van der Waals surface area contributed by atoms with Crippen LogP contribution >= 0.6 is 0 Å². The van der Waals surface area contributed by atoms with Gasteiger partial charge in [0.05, 0.1) is 6.04 Å². The van der Waals surface area contributed by atoms with Gasteiger partial charge in [-0.15, -0.1) is 0 Å². The molecule has 1 amide bonds. The van der Waals surface area contributed by atoms with Crippen molar-refractivity contribution in [2.24, 2.45) is 5.41 Å². The summed E-state index contributed by atoms with van der Waals surface area (Å²) < 4.78 is 6.20. The van der Waals surface area contributed by atoms with Gasteiger partial charge in [-0.2, -0.15) is 0 Å². The lowest BCUT2D eigenvalue weighted by Gasteiger charge is -2.46. The topological polar surface area (TPSA) is 29.5 Å². The van der Waals surface area contributed by atoms with E-state index in [1.54, 1.807) is 0 Å². The van der Waals surface area contributed by atoms with E-state index in [4.69, 9.17) is 4.74 Å². The number of benzene rings is 2. The van der Waals surface area contributed by atoms with Crippen LogP contribution < -0.4 is 0 Å². The molecular formula is C24H31NO2. The second kappa shape index (κ2) is 7.38. The Morgan fingerprint density at radius 2 is 1.70 bits per heavy atom. The van der Waals surface area contributed by atoms with E-state index in [-0.39, 0.29) is 17.6 Å². The second-order valence-corrected chi connectivity index (χ2v) is 9.00. The van der Waals surface area contributed by atoms with Crippen LogP contribution in [0.15, 0.2) is 54.6 Å². The van der Waals surface area contributed by atoms with Crippen LogP contribution in [0.5, 0.6) is 0 Å². The largest absolute Gasteiger partial charge is 0.438 e. The third-order valence-electron chi connectivity index (χ3n) is 5.42. The Morgan fingerprint density at radius 1 is 1.07 bits per heavy atom. The number of hydrogen-bond donors (Lipinski definition) is 0. The Hall–Kier alpha value is -2.29. The minimum Gasteiger partial charge on any atom is -0.438 e. The van der Waals surface area contributed by atoms with Crippen molar-refractivity contribution in [2.75, 3.05) is 6.54 Å². The van der Waals surface area contributed by atoms with E-state index >= 15 is 0 Å². The summed E-state index contributed by atoms with van der Waals surface area (Å²) in [5.41, 5.74) is 2.96. The normalized spacial score (nSPS) is 21.7. The van der Waals surface area contributed by atoms with Crippen LogP contribution in [-0.4, -0.2) is 17.5 Å². The molecule has 0 radical (unpaired) electrons. The minimum absolute atomic E-state index is 0.00140. The molecule has 0 aliphatic carbocycles. The van der Waals surface area contributed by atoms with Crippen LogP contribution in [0.1, 0.15) is 63.3 Å². The molecule has 0 N–H and O–H groups in total. The van der Waals surface area contributed by atoms with Crippen LogP contribution in [0.2, 0.25) is 0 Å². The van der Waals surface area contributed by atoms with Crippen molar-refractivity contribution in [1.29, 1.82) is 0 Å². The molecule has 0 aromatic heterocycles. The number of aryl methyl sites for hydroxylation is 1. The van der Waals surface area contributed by atoms with Gasteiger partial charge < -0.3 is 9.64 Å². The molecule has 2 aromatic carbocycles. The smallest absolute Gasteiger partial charge is 0.411 e. The highest BCUT2D eigenvalue weighted by molar-refractivity contribution is 5.70. The average Bonchev–Trinajstić information content (AvgIpc) is 2.61. The summed E-state index contributed by atoms with van der Waals surface area (Å²) in [5.74, 6) is 0. The summed E-state index contributed by atoms with van der Waals surface area (Å²) in [5, 5.41) is 0. The number of rotatable bonds is 4. The Bertz CT molecular complexity index is 776. The van der Waals surface area contributed by atoms with E-state index in [1.807, 2.05) is 23.1 Å². The number of carbonyl (C=O) groups excluding carboxylic acids is 1. The molecule has 2 aromatic rings. The molecule has 1 heterocycles. The predicted molar refractivity (Wildman–Crippen MR) is 110 cm³/mol. The first-order valence-electron chi connectivity index (χ1n) is 9.82. The van der Waals surface area contributed by atoms with Crippen LogP contribution in [0.3, 0.4) is 0 Å². The van der Waals surface area contributed by atoms with Gasteiger partial charge in [0.1, 0.15) is 5.60 Å². The lowest BCUT2D eigenvalue weighted by Crippen LogP contribution is -2.50. The summed E-state index contributed by atoms with van der Waals surface area (Å²) in [6, 6.07) is 18.6. The van der Waals surface area contributed by atoms with E-state index in [2.05, 4.69) is 71.0 Å². The molecule has 1 fully saturated rings. The summed E-state index contributed by atoms with van der Waals surface area (Å²) in [6.45, 7) is 11.4. The fourth-order valence-corrected chi connectivity index (χ4v) is 4.07. The molecule has 3 heteroatoms. The van der Waals surface area contributed by atoms with Gasteiger partial charge in [-0.1, -0.05) is 80.9 Å². The van der Waals surface area contributed by atoms with Crippen LogP contribution in [-0.2, 0) is 10.3 Å². The molecule has 0 spiro atoms. The first kappa shape index (κ1) is 19.5. The Kier molecular flexibility index (Phi) is 5.32. The molecule has 0 bridgehead atoms. The number of hydrogen-bond acceptors (Lipinski definition) is 2. The van der Waals surface area contributed by atoms with Gasteiger partial charge in [0.2, 0.25) is 0 Å². The van der Waals surface area contributed by atoms with Gasteiger partial charge in [-0.25, -0.2) is 4.79 Å². The van der Waals surface area contributed by atoms with Gasteiger partial charge in [-0.3, -0.25) is 0 Å². The number of cyclic esters (lactones) is 1. The van der Waals surface area contributed by atoms with E-state index in [0.29, 0.717) is 6.54 Å². The summed E-state index contributed by atoms with van der Waals surface area (Å²) in [7, 11) is 0. The highest BCUT2D eigenvalue weighted by atomic mass is 16.6. The van der Waals surface area contributed by atoms with Crippen molar-refractivity contribution in [1.82, 2.24) is 4.90 Å². The molecule has 2 atom stereocenters. The Balaban J connectivity index is 1.85. The fourth-order valence-electron chi connectivity index (χ4n) is 4.07. The molecule has 1 aliphatic heterocycles. The molecular weight excluding hydrogens is 334 g/mol. The standard InChI is InChI=1S/C24H31NO2/c1-18-11-13-20(14-12-18)19(2)25-16-15-24(27-22(25)26,17-23(3,4)5)21-9-7-6-8-10-21/h6-14,19H,15-17H2,1-5H3/t19-,24-/m0/s1. The van der Waals surface area contributed by atoms with Gasteiger partial charge in [0, 0.05) is 13.0 Å². The van der Waals surface area contributed by atoms with Crippen LogP contribution in [0, 0.1) is 12.3 Å². The maximum atomic E-state index is 13.1. The van der Waals surface area contributed by atoms with E-state index in [9.17, 15) is 4.79 Å². The molecule has 144 valence electrons. The van der Waals surface area contributed by atoms with Crippen molar-refractivity contribution in [3.8, 4) is 0 Å². The van der Waals surface area contributed by atoms with Crippen molar-refractivity contribution < 1.29 is 9.53 Å². The molecule has 1 saturated heterocycles. The van der Waals surface area contributed by atoms with E-state index in [0.717, 1.165) is 24.0 Å². The number of nitrogens with zero attached hydrogens (tertiary/aromatic N) is 1. The quantitative estimate of drug-likeness (QED) is 0.643. The lowest BCUT2D eigenvalue weighted by atomic mass is 9.75. The average molecular weight is 366 g/mol. The minimum atomic E-state index is -0.555. The first-order chi connectivity index (χ1) is 12.7.